The zero-order valence-electron chi connectivity index (χ0n) is 6.45. The van der Waals surface area contributed by atoms with E-state index in [4.69, 9.17) is 5.26 Å². The van der Waals surface area contributed by atoms with Crippen LogP contribution < -0.4 is 0 Å². The number of hydrogen-bond acceptors (Lipinski definition) is 2. The van der Waals surface area contributed by atoms with Crippen LogP contribution in [0.3, 0.4) is 0 Å². The number of fused-ring (bicyclic) bond motifs is 1. The Labute approximate surface area is 75.7 Å². The van der Waals surface area contributed by atoms with Crippen molar-refractivity contribution in [2.24, 2.45) is 0 Å². The third kappa shape index (κ3) is 1.13. The van der Waals surface area contributed by atoms with Gasteiger partial charge >= 0.3 is 0 Å². The van der Waals surface area contributed by atoms with E-state index >= 15 is 0 Å². The first-order chi connectivity index (χ1) is 5.92. The van der Waals surface area contributed by atoms with Crippen LogP contribution in [0.1, 0.15) is 5.56 Å². The van der Waals surface area contributed by atoms with E-state index in [1.807, 2.05) is 24.3 Å². The zero-order valence-corrected chi connectivity index (χ0v) is 7.27. The van der Waals surface area contributed by atoms with Crippen LogP contribution in [0.15, 0.2) is 35.2 Å². The molecule has 0 saturated carbocycles. The average Bonchev–Trinajstić information content (AvgIpc) is 2.17. The number of rotatable bonds is 0. The Morgan fingerprint density at radius 1 is 1.33 bits per heavy atom. The highest BCUT2D eigenvalue weighted by Gasteiger charge is 2.10. The predicted octanol–water partition coefficient (Wildman–Crippen LogP) is 2.70. The molecule has 2 heteroatoms. The molecule has 0 fully saturated rings. The monoisotopic (exact) mass is 173 g/mol. The van der Waals surface area contributed by atoms with Crippen molar-refractivity contribution in [1.82, 2.24) is 0 Å². The lowest BCUT2D eigenvalue weighted by Crippen LogP contribution is -1.92. The van der Waals surface area contributed by atoms with Crippen LogP contribution in [0.4, 0.5) is 0 Å². The van der Waals surface area contributed by atoms with Crippen LogP contribution >= 0.6 is 11.8 Å². The van der Waals surface area contributed by atoms with Gasteiger partial charge in [-0.3, -0.25) is 0 Å². The van der Waals surface area contributed by atoms with Gasteiger partial charge < -0.3 is 0 Å². The SMILES string of the molecule is N#CC1=CCSc2ccccc21. The molecule has 1 aliphatic heterocycles. The summed E-state index contributed by atoms with van der Waals surface area (Å²) in [4.78, 5) is 1.22. The van der Waals surface area contributed by atoms with Crippen LogP contribution in [0.5, 0.6) is 0 Å². The molecule has 1 aliphatic rings. The molecule has 1 aromatic carbocycles. The highest BCUT2D eigenvalue weighted by atomic mass is 32.2. The van der Waals surface area contributed by atoms with Crippen molar-refractivity contribution in [2.45, 2.75) is 4.90 Å². The lowest BCUT2D eigenvalue weighted by Gasteiger charge is -2.11. The van der Waals surface area contributed by atoms with Crippen LogP contribution in [-0.4, -0.2) is 5.75 Å². The normalized spacial score (nSPS) is 14.4. The van der Waals surface area contributed by atoms with Crippen molar-refractivity contribution in [3.05, 3.63) is 35.9 Å². The molecule has 0 atom stereocenters. The lowest BCUT2D eigenvalue weighted by molar-refractivity contribution is 1.37. The van der Waals surface area contributed by atoms with Gasteiger partial charge in [-0.05, 0) is 6.07 Å². The first-order valence-corrected chi connectivity index (χ1v) is 4.73. The summed E-state index contributed by atoms with van der Waals surface area (Å²) >= 11 is 1.78. The van der Waals surface area contributed by atoms with E-state index in [-0.39, 0.29) is 0 Å². The molecule has 0 aromatic heterocycles. The molecule has 0 saturated heterocycles. The fraction of sp³-hybridized carbons (Fsp3) is 0.100. The summed E-state index contributed by atoms with van der Waals surface area (Å²) in [6.07, 6.45) is 1.98. The smallest absolute Gasteiger partial charge is 0.0995 e. The van der Waals surface area contributed by atoms with Crippen molar-refractivity contribution < 1.29 is 0 Å². The highest BCUT2D eigenvalue weighted by Crippen LogP contribution is 2.32. The third-order valence-corrected chi connectivity index (χ3v) is 2.82. The molecular formula is C10H7NS. The minimum Gasteiger partial charge on any atom is -0.192 e. The second-order valence-electron chi connectivity index (χ2n) is 2.54. The quantitative estimate of drug-likeness (QED) is 0.602. The molecule has 0 N–H and O–H groups in total. The molecule has 0 aliphatic carbocycles. The summed E-state index contributed by atoms with van der Waals surface area (Å²) in [7, 11) is 0. The standard InChI is InChI=1S/C10H7NS/c11-7-8-5-6-12-10-4-2-1-3-9(8)10/h1-5H,6H2. The number of benzene rings is 1. The van der Waals surface area contributed by atoms with E-state index in [0.29, 0.717) is 0 Å². The van der Waals surface area contributed by atoms with Crippen molar-refractivity contribution >= 4 is 17.3 Å². The Bertz CT molecular complexity index is 374. The second-order valence-corrected chi connectivity index (χ2v) is 3.60. The highest BCUT2D eigenvalue weighted by molar-refractivity contribution is 7.99. The topological polar surface area (TPSA) is 23.8 Å². The fourth-order valence-corrected chi connectivity index (χ4v) is 2.18. The van der Waals surface area contributed by atoms with E-state index in [1.165, 1.54) is 4.90 Å². The molecule has 0 amide bonds. The molecule has 1 nitrogen and oxygen atoms in total. The van der Waals surface area contributed by atoms with E-state index in [0.717, 1.165) is 16.9 Å². The van der Waals surface area contributed by atoms with Gasteiger partial charge in [-0.25, -0.2) is 0 Å². The maximum absolute atomic E-state index is 8.81. The molecule has 58 valence electrons. The van der Waals surface area contributed by atoms with E-state index in [2.05, 4.69) is 12.1 Å². The second kappa shape index (κ2) is 3.04. The molecular weight excluding hydrogens is 166 g/mol. The van der Waals surface area contributed by atoms with Crippen LogP contribution in [0, 0.1) is 11.3 Å². The van der Waals surface area contributed by atoms with Gasteiger partial charge in [0.15, 0.2) is 0 Å². The molecule has 0 radical (unpaired) electrons. The minimum absolute atomic E-state index is 0.810. The van der Waals surface area contributed by atoms with E-state index in [9.17, 15) is 0 Å². The molecule has 0 unspecified atom stereocenters. The Hall–Kier alpha value is -1.20. The van der Waals surface area contributed by atoms with Crippen molar-refractivity contribution in [3.63, 3.8) is 0 Å². The fourth-order valence-electron chi connectivity index (χ4n) is 1.25. The molecule has 1 aromatic rings. The summed E-state index contributed by atoms with van der Waals surface area (Å²) in [5.74, 6) is 0.917. The average molecular weight is 173 g/mol. The summed E-state index contributed by atoms with van der Waals surface area (Å²) in [6, 6.07) is 10.2. The van der Waals surface area contributed by atoms with Crippen LogP contribution in [0.2, 0.25) is 0 Å². The minimum atomic E-state index is 0.810. The van der Waals surface area contributed by atoms with Gasteiger partial charge in [-0.15, -0.1) is 11.8 Å². The molecule has 12 heavy (non-hydrogen) atoms. The van der Waals surface area contributed by atoms with E-state index in [1.54, 1.807) is 11.8 Å². The van der Waals surface area contributed by atoms with Crippen LogP contribution in [-0.2, 0) is 0 Å². The van der Waals surface area contributed by atoms with Crippen molar-refractivity contribution in [1.29, 1.82) is 5.26 Å². The van der Waals surface area contributed by atoms with Gasteiger partial charge in [0.2, 0.25) is 0 Å². The lowest BCUT2D eigenvalue weighted by atomic mass is 10.1. The summed E-state index contributed by atoms with van der Waals surface area (Å²) in [5, 5.41) is 8.81. The first-order valence-electron chi connectivity index (χ1n) is 3.74. The van der Waals surface area contributed by atoms with Gasteiger partial charge in [0.1, 0.15) is 0 Å². The molecule has 2 rings (SSSR count). The van der Waals surface area contributed by atoms with Gasteiger partial charge in [0.25, 0.3) is 0 Å². The summed E-state index contributed by atoms with van der Waals surface area (Å²) in [5.41, 5.74) is 1.89. The summed E-state index contributed by atoms with van der Waals surface area (Å²) in [6.45, 7) is 0. The maximum atomic E-state index is 8.81. The van der Waals surface area contributed by atoms with E-state index < -0.39 is 0 Å². The van der Waals surface area contributed by atoms with Crippen molar-refractivity contribution in [3.8, 4) is 6.07 Å². The van der Waals surface area contributed by atoms with Gasteiger partial charge in [-0.2, -0.15) is 5.26 Å². The Kier molecular flexibility index (Phi) is 1.89. The molecule has 1 heterocycles. The number of hydrogen-bond donors (Lipinski definition) is 0. The van der Waals surface area contributed by atoms with Gasteiger partial charge in [0.05, 0.1) is 11.6 Å². The third-order valence-electron chi connectivity index (χ3n) is 1.82. The number of nitrogens with zero attached hydrogens (tertiary/aromatic N) is 1. The maximum Gasteiger partial charge on any atom is 0.0995 e. The number of thioether (sulfide) groups is 1. The molecule has 0 spiro atoms. The van der Waals surface area contributed by atoms with Gasteiger partial charge in [0, 0.05) is 16.2 Å². The number of allylic oxidation sites excluding steroid dienone is 1. The number of nitriles is 1. The Balaban J connectivity index is 2.57. The van der Waals surface area contributed by atoms with Crippen LogP contribution in [0.25, 0.3) is 5.57 Å². The first kappa shape index (κ1) is 7.45. The summed E-state index contributed by atoms with van der Waals surface area (Å²) < 4.78 is 0. The van der Waals surface area contributed by atoms with Crippen molar-refractivity contribution in [2.75, 3.05) is 5.75 Å². The van der Waals surface area contributed by atoms with Gasteiger partial charge in [-0.1, -0.05) is 24.3 Å². The largest absolute Gasteiger partial charge is 0.192 e. The Morgan fingerprint density at radius 2 is 2.17 bits per heavy atom. The zero-order chi connectivity index (χ0) is 8.39. The Morgan fingerprint density at radius 3 is 3.00 bits per heavy atom. The predicted molar refractivity (Wildman–Crippen MR) is 50.8 cm³/mol. The molecule has 0 bridgehead atoms.